The predicted molar refractivity (Wildman–Crippen MR) is 126 cm³/mol. The number of benzene rings is 2. The van der Waals surface area contributed by atoms with Crippen LogP contribution in [0.3, 0.4) is 0 Å². The molecule has 3 amide bonds. The van der Waals surface area contributed by atoms with Crippen LogP contribution in [0.25, 0.3) is 10.8 Å². The summed E-state index contributed by atoms with van der Waals surface area (Å²) in [5, 5.41) is 17.6. The van der Waals surface area contributed by atoms with E-state index in [-0.39, 0.29) is 31.0 Å². The van der Waals surface area contributed by atoms with E-state index in [1.165, 1.54) is 6.08 Å². The Balaban J connectivity index is 1.86. The molecule has 0 radical (unpaired) electrons. The molecule has 2 aromatic carbocycles. The third kappa shape index (κ3) is 6.37. The van der Waals surface area contributed by atoms with Gasteiger partial charge in [-0.3, -0.25) is 9.59 Å². The van der Waals surface area contributed by atoms with Gasteiger partial charge in [-0.1, -0.05) is 30.3 Å². The number of alkyl halides is 1. The van der Waals surface area contributed by atoms with E-state index in [1.54, 1.807) is 6.07 Å². The highest BCUT2D eigenvalue weighted by Gasteiger charge is 2.38. The molecule has 0 saturated heterocycles. The van der Waals surface area contributed by atoms with Gasteiger partial charge in [0, 0.05) is 24.4 Å². The summed E-state index contributed by atoms with van der Waals surface area (Å²) in [6, 6.07) is 11.3. The number of nitrogens with two attached hydrogens (primary N) is 1. The lowest BCUT2D eigenvalue weighted by molar-refractivity contribution is -0.123. The van der Waals surface area contributed by atoms with Gasteiger partial charge < -0.3 is 30.9 Å². The Morgan fingerprint density at radius 2 is 1.94 bits per heavy atom. The lowest BCUT2D eigenvalue weighted by Crippen LogP contribution is -2.48. The first-order chi connectivity index (χ1) is 15.8. The molecule has 0 saturated carbocycles. The quantitative estimate of drug-likeness (QED) is 0.378. The fourth-order valence-electron chi connectivity index (χ4n) is 3.36. The molecule has 2 aromatic rings. The number of fused-ring (bicyclic) bond motifs is 1. The average Bonchev–Trinajstić information content (AvgIpc) is 2.80. The Bertz CT molecular complexity index is 1080. The molecular formula is C22H23BrClN3O6. The zero-order valence-corrected chi connectivity index (χ0v) is 19.8. The molecule has 3 rings (SSSR count). The second kappa shape index (κ2) is 11.4. The largest absolute Gasteiger partial charge is 0.482 e. The number of alkyl carbamates (subject to hydrolysis) is 1. The Hall–Kier alpha value is -2.82. The lowest BCUT2D eigenvalue weighted by atomic mass is 9.91. The van der Waals surface area contributed by atoms with Crippen molar-refractivity contribution < 1.29 is 29.0 Å². The van der Waals surface area contributed by atoms with Gasteiger partial charge in [0.1, 0.15) is 24.1 Å². The molecule has 0 aliphatic heterocycles. The van der Waals surface area contributed by atoms with Crippen molar-refractivity contribution in [1.82, 2.24) is 10.6 Å². The number of carbonyl (C=O) groups excluding carboxylic acids is 3. The minimum absolute atomic E-state index is 0.0845. The molecule has 9 nitrogen and oxygen atoms in total. The van der Waals surface area contributed by atoms with Gasteiger partial charge in [0.15, 0.2) is 0 Å². The molecular weight excluding hydrogens is 518 g/mol. The van der Waals surface area contributed by atoms with Crippen LogP contribution in [0.5, 0.6) is 5.75 Å². The summed E-state index contributed by atoms with van der Waals surface area (Å²) < 4.78 is 12.0. The molecule has 3 atom stereocenters. The van der Waals surface area contributed by atoms with E-state index >= 15 is 0 Å². The Kier molecular flexibility index (Phi) is 8.54. The summed E-state index contributed by atoms with van der Waals surface area (Å²) in [5.41, 5.74) is 5.27. The van der Waals surface area contributed by atoms with E-state index in [0.29, 0.717) is 10.2 Å². The topological polar surface area (TPSA) is 140 Å². The van der Waals surface area contributed by atoms with Crippen molar-refractivity contribution in [2.24, 2.45) is 5.73 Å². The molecule has 176 valence electrons. The number of carbonyl (C=O) groups is 3. The van der Waals surface area contributed by atoms with Crippen LogP contribution in [0.1, 0.15) is 6.42 Å². The number of rotatable bonds is 8. The summed E-state index contributed by atoms with van der Waals surface area (Å²) in [6.07, 6.45) is -2.79. The van der Waals surface area contributed by atoms with Crippen LogP contribution in [0.15, 0.2) is 52.5 Å². The number of ether oxygens (including phenoxy) is 2. The van der Waals surface area contributed by atoms with E-state index in [2.05, 4.69) is 26.6 Å². The standard InChI is InChI=1S/C22H23BrClN3O6/c23-19-14-4-2-1-3-12(14)5-6-15(19)32-16-9-13(21(30)27-11-18(25)28)10-17(20(16)29)33-22(31)26-8-7-24/h1-6,9,16-17,20,29H,7-8,10-11H2,(H2,25,28)(H,26,31)(H,27,30). The first-order valence-electron chi connectivity index (χ1n) is 10.1. The zero-order chi connectivity index (χ0) is 24.0. The summed E-state index contributed by atoms with van der Waals surface area (Å²) in [7, 11) is 0. The molecule has 0 bridgehead atoms. The number of amides is 3. The lowest BCUT2D eigenvalue weighted by Gasteiger charge is -2.33. The van der Waals surface area contributed by atoms with Crippen molar-refractivity contribution in [1.29, 1.82) is 0 Å². The Labute approximate surface area is 203 Å². The molecule has 1 aliphatic rings. The van der Waals surface area contributed by atoms with E-state index in [0.717, 1.165) is 10.8 Å². The summed E-state index contributed by atoms with van der Waals surface area (Å²) in [5.74, 6) is -0.675. The van der Waals surface area contributed by atoms with Crippen molar-refractivity contribution in [2.45, 2.75) is 24.7 Å². The molecule has 33 heavy (non-hydrogen) atoms. The Morgan fingerprint density at radius 3 is 2.67 bits per heavy atom. The SMILES string of the molecule is NC(=O)CNC(=O)C1=CC(Oc2ccc3ccccc3c2Br)C(O)C(OC(=O)NCCCl)C1. The highest BCUT2D eigenvalue weighted by Crippen LogP contribution is 2.35. The summed E-state index contributed by atoms with van der Waals surface area (Å²) >= 11 is 9.10. The fourth-order valence-corrected chi connectivity index (χ4v) is 4.04. The van der Waals surface area contributed by atoms with Gasteiger partial charge in [0.2, 0.25) is 11.8 Å². The van der Waals surface area contributed by atoms with Crippen LogP contribution in [0, 0.1) is 0 Å². The molecule has 0 aromatic heterocycles. The highest BCUT2D eigenvalue weighted by molar-refractivity contribution is 9.10. The fraction of sp³-hybridized carbons (Fsp3) is 0.318. The molecule has 11 heteroatoms. The van der Waals surface area contributed by atoms with Crippen LogP contribution in [-0.4, -0.2) is 60.3 Å². The van der Waals surface area contributed by atoms with Crippen LogP contribution in [0.2, 0.25) is 0 Å². The minimum Gasteiger partial charge on any atom is -0.482 e. The maximum Gasteiger partial charge on any atom is 0.407 e. The van der Waals surface area contributed by atoms with Crippen LogP contribution in [0.4, 0.5) is 4.79 Å². The van der Waals surface area contributed by atoms with Gasteiger partial charge in [-0.25, -0.2) is 4.79 Å². The van der Waals surface area contributed by atoms with Crippen LogP contribution < -0.4 is 21.1 Å². The second-order valence-corrected chi connectivity index (χ2v) is 8.45. The molecule has 0 heterocycles. The number of aliphatic hydroxyl groups is 1. The van der Waals surface area contributed by atoms with E-state index in [9.17, 15) is 19.5 Å². The second-order valence-electron chi connectivity index (χ2n) is 7.28. The van der Waals surface area contributed by atoms with Gasteiger partial charge in [-0.05, 0) is 38.8 Å². The zero-order valence-electron chi connectivity index (χ0n) is 17.4. The number of hydrogen-bond donors (Lipinski definition) is 4. The third-order valence-corrected chi connectivity index (χ3v) is 5.94. The molecule has 0 fully saturated rings. The molecule has 5 N–H and O–H groups in total. The number of halogens is 2. The summed E-state index contributed by atoms with van der Waals surface area (Å²) in [6.45, 7) is -0.183. The van der Waals surface area contributed by atoms with Gasteiger partial charge in [-0.15, -0.1) is 11.6 Å². The van der Waals surface area contributed by atoms with Crippen LogP contribution >= 0.6 is 27.5 Å². The average molecular weight is 541 g/mol. The molecule has 0 spiro atoms. The predicted octanol–water partition coefficient (Wildman–Crippen LogP) is 1.98. The maximum atomic E-state index is 12.5. The van der Waals surface area contributed by atoms with Crippen molar-refractivity contribution >= 4 is 56.2 Å². The van der Waals surface area contributed by atoms with E-state index < -0.39 is 36.2 Å². The number of primary amides is 1. The molecule has 1 aliphatic carbocycles. The van der Waals surface area contributed by atoms with Gasteiger partial charge in [0.05, 0.1) is 11.0 Å². The van der Waals surface area contributed by atoms with Crippen molar-refractivity contribution in [3.05, 3.63) is 52.5 Å². The van der Waals surface area contributed by atoms with Gasteiger partial charge in [-0.2, -0.15) is 0 Å². The van der Waals surface area contributed by atoms with Crippen molar-refractivity contribution in [3.63, 3.8) is 0 Å². The first kappa shape index (κ1) is 24.8. The van der Waals surface area contributed by atoms with E-state index in [1.807, 2.05) is 30.3 Å². The minimum atomic E-state index is -1.27. The number of nitrogens with one attached hydrogen (secondary N) is 2. The third-order valence-electron chi connectivity index (χ3n) is 4.93. The smallest absolute Gasteiger partial charge is 0.407 e. The summed E-state index contributed by atoms with van der Waals surface area (Å²) in [4.78, 5) is 35.6. The first-order valence-corrected chi connectivity index (χ1v) is 11.4. The maximum absolute atomic E-state index is 12.5. The highest BCUT2D eigenvalue weighted by atomic mass is 79.9. The van der Waals surface area contributed by atoms with Gasteiger partial charge in [0.25, 0.3) is 0 Å². The normalized spacial score (nSPS) is 20.0. The number of aliphatic hydroxyl groups excluding tert-OH is 1. The Morgan fingerprint density at radius 1 is 1.18 bits per heavy atom. The van der Waals surface area contributed by atoms with Crippen LogP contribution in [-0.2, 0) is 14.3 Å². The molecule has 3 unspecified atom stereocenters. The number of hydrogen-bond acceptors (Lipinski definition) is 6. The van der Waals surface area contributed by atoms with Gasteiger partial charge >= 0.3 is 6.09 Å². The monoisotopic (exact) mass is 539 g/mol. The van der Waals surface area contributed by atoms with Crippen molar-refractivity contribution in [3.8, 4) is 5.75 Å². The van der Waals surface area contributed by atoms with E-state index in [4.69, 9.17) is 26.8 Å². The van der Waals surface area contributed by atoms with Crippen molar-refractivity contribution in [2.75, 3.05) is 19.0 Å².